The normalized spacial score (nSPS) is 24.1. The molecular weight excluding hydrogens is 229 g/mol. The molecule has 0 unspecified atom stereocenters. The van der Waals surface area contributed by atoms with Crippen molar-refractivity contribution in [3.8, 4) is 0 Å². The highest BCUT2D eigenvalue weighted by molar-refractivity contribution is 5.74. The number of alkyl halides is 1. The molecule has 2 amide bonds. The van der Waals surface area contributed by atoms with E-state index in [9.17, 15) is 14.1 Å². The molecule has 1 saturated carbocycles. The lowest BCUT2D eigenvalue weighted by atomic mass is 9.87. The van der Waals surface area contributed by atoms with Gasteiger partial charge in [-0.25, -0.2) is 9.18 Å². The van der Waals surface area contributed by atoms with E-state index in [1.54, 1.807) is 0 Å². The Morgan fingerprint density at radius 2 is 2.06 bits per heavy atom. The molecule has 0 aromatic rings. The Labute approximate surface area is 99.1 Å². The number of amides is 2. The number of hydrogen-bond donors (Lipinski definition) is 2. The van der Waals surface area contributed by atoms with E-state index in [2.05, 4.69) is 10.6 Å². The molecule has 98 valence electrons. The molecular formula is C10H18FN3O3. The predicted octanol–water partition coefficient (Wildman–Crippen LogP) is 1.20. The number of rotatable bonds is 5. The summed E-state index contributed by atoms with van der Waals surface area (Å²) in [4.78, 5) is 21.8. The van der Waals surface area contributed by atoms with Crippen LogP contribution in [0.2, 0.25) is 0 Å². The van der Waals surface area contributed by atoms with Crippen LogP contribution in [-0.4, -0.2) is 42.0 Å². The van der Waals surface area contributed by atoms with Crippen molar-refractivity contribution in [3.05, 3.63) is 4.91 Å². The summed E-state index contributed by atoms with van der Waals surface area (Å²) in [5, 5.41) is 14.6. The van der Waals surface area contributed by atoms with Crippen molar-refractivity contribution in [1.82, 2.24) is 10.3 Å². The van der Waals surface area contributed by atoms with Gasteiger partial charge in [-0.1, -0.05) is 0 Å². The summed E-state index contributed by atoms with van der Waals surface area (Å²) in [6, 6.07) is -0.667. The second-order valence-electron chi connectivity index (χ2n) is 4.24. The lowest BCUT2D eigenvalue weighted by Crippen LogP contribution is -2.44. The summed E-state index contributed by atoms with van der Waals surface area (Å²) < 4.78 is 12.0. The van der Waals surface area contributed by atoms with Crippen LogP contribution in [0, 0.1) is 10.8 Å². The summed E-state index contributed by atoms with van der Waals surface area (Å²) in [7, 11) is 0. The van der Waals surface area contributed by atoms with Crippen molar-refractivity contribution >= 4 is 6.03 Å². The van der Waals surface area contributed by atoms with Crippen molar-refractivity contribution in [2.45, 2.75) is 31.7 Å². The van der Waals surface area contributed by atoms with Gasteiger partial charge in [-0.3, -0.25) is 0 Å². The molecule has 6 nitrogen and oxygen atoms in total. The highest BCUT2D eigenvalue weighted by Crippen LogP contribution is 2.23. The van der Waals surface area contributed by atoms with Crippen molar-refractivity contribution in [1.29, 1.82) is 0 Å². The van der Waals surface area contributed by atoms with Gasteiger partial charge in [-0.05, 0) is 31.6 Å². The SMILES string of the molecule is O=NN(CCF)C(=O)NC1CCC(CO)CC1. The van der Waals surface area contributed by atoms with Crippen LogP contribution in [0.4, 0.5) is 9.18 Å². The third-order valence-corrected chi connectivity index (χ3v) is 3.06. The number of carbonyl (C=O) groups excluding carboxylic acids is 1. The van der Waals surface area contributed by atoms with E-state index in [4.69, 9.17) is 5.11 Å². The summed E-state index contributed by atoms with van der Waals surface area (Å²) >= 11 is 0. The monoisotopic (exact) mass is 247 g/mol. The zero-order chi connectivity index (χ0) is 12.7. The maximum Gasteiger partial charge on any atom is 0.340 e. The fourth-order valence-electron chi connectivity index (χ4n) is 2.00. The van der Waals surface area contributed by atoms with Crippen molar-refractivity contribution < 1.29 is 14.3 Å². The Morgan fingerprint density at radius 3 is 2.53 bits per heavy atom. The molecule has 0 spiro atoms. The first-order valence-electron chi connectivity index (χ1n) is 5.79. The fraction of sp³-hybridized carbons (Fsp3) is 0.900. The molecule has 0 saturated heterocycles. The van der Waals surface area contributed by atoms with Crippen molar-refractivity contribution in [2.75, 3.05) is 19.8 Å². The summed E-state index contributed by atoms with van der Waals surface area (Å²) in [5.74, 6) is 0.300. The van der Waals surface area contributed by atoms with Crippen LogP contribution in [0.15, 0.2) is 5.29 Å². The zero-order valence-corrected chi connectivity index (χ0v) is 9.64. The van der Waals surface area contributed by atoms with Gasteiger partial charge in [-0.2, -0.15) is 5.01 Å². The maximum absolute atomic E-state index is 12.0. The molecule has 17 heavy (non-hydrogen) atoms. The standard InChI is InChI=1S/C10H18FN3O3/c11-5-6-14(13-17)10(16)12-9-3-1-8(7-15)2-4-9/h8-9,15H,1-7H2,(H,12,16). The third-order valence-electron chi connectivity index (χ3n) is 3.06. The van der Waals surface area contributed by atoms with Gasteiger partial charge in [0, 0.05) is 12.6 Å². The van der Waals surface area contributed by atoms with Crippen LogP contribution in [0.3, 0.4) is 0 Å². The second-order valence-corrected chi connectivity index (χ2v) is 4.24. The lowest BCUT2D eigenvalue weighted by molar-refractivity contribution is 0.163. The van der Waals surface area contributed by atoms with Crippen LogP contribution in [0.25, 0.3) is 0 Å². The van der Waals surface area contributed by atoms with E-state index < -0.39 is 12.7 Å². The number of nitrogens with zero attached hydrogens (tertiary/aromatic N) is 2. The summed E-state index contributed by atoms with van der Waals surface area (Å²) in [6.45, 7) is -0.942. The minimum atomic E-state index is -0.795. The second kappa shape index (κ2) is 7.16. The molecule has 0 aromatic carbocycles. The van der Waals surface area contributed by atoms with Crippen LogP contribution >= 0.6 is 0 Å². The maximum atomic E-state index is 12.0. The molecule has 0 bridgehead atoms. The van der Waals surface area contributed by atoms with Gasteiger partial charge >= 0.3 is 6.03 Å². The number of nitrogens with one attached hydrogen (secondary N) is 1. The van der Waals surface area contributed by atoms with Crippen LogP contribution in [-0.2, 0) is 0 Å². The van der Waals surface area contributed by atoms with Crippen LogP contribution in [0.5, 0.6) is 0 Å². The topological polar surface area (TPSA) is 82.0 Å². The predicted molar refractivity (Wildman–Crippen MR) is 59.8 cm³/mol. The van der Waals surface area contributed by atoms with Crippen molar-refractivity contribution in [2.24, 2.45) is 11.2 Å². The van der Waals surface area contributed by atoms with E-state index >= 15 is 0 Å². The number of nitroso groups, excluding NO2 is 1. The Hall–Kier alpha value is -1.24. The number of halogens is 1. The molecule has 0 atom stereocenters. The first-order valence-corrected chi connectivity index (χ1v) is 5.79. The van der Waals surface area contributed by atoms with E-state index in [0.717, 1.165) is 25.7 Å². The molecule has 1 aliphatic rings. The smallest absolute Gasteiger partial charge is 0.340 e. The van der Waals surface area contributed by atoms with Gasteiger partial charge in [0.25, 0.3) is 0 Å². The average Bonchev–Trinajstić information content (AvgIpc) is 2.36. The third kappa shape index (κ3) is 4.26. The highest BCUT2D eigenvalue weighted by atomic mass is 19.1. The number of carbonyl (C=O) groups is 1. The first-order chi connectivity index (χ1) is 8.21. The summed E-state index contributed by atoms with van der Waals surface area (Å²) in [5.41, 5.74) is 0. The zero-order valence-electron chi connectivity index (χ0n) is 9.64. The van der Waals surface area contributed by atoms with E-state index in [0.29, 0.717) is 10.9 Å². The van der Waals surface area contributed by atoms with Crippen LogP contribution < -0.4 is 5.32 Å². The Balaban J connectivity index is 2.33. The first kappa shape index (κ1) is 13.8. The van der Waals surface area contributed by atoms with Gasteiger partial charge < -0.3 is 10.4 Å². The van der Waals surface area contributed by atoms with Gasteiger partial charge in [0.15, 0.2) is 0 Å². The average molecular weight is 247 g/mol. The van der Waals surface area contributed by atoms with Crippen molar-refractivity contribution in [3.63, 3.8) is 0 Å². The van der Waals surface area contributed by atoms with Gasteiger partial charge in [0.05, 0.1) is 11.8 Å². The number of urea groups is 1. The number of aliphatic hydroxyl groups is 1. The fourth-order valence-corrected chi connectivity index (χ4v) is 2.00. The molecule has 1 rings (SSSR count). The molecule has 1 fully saturated rings. The van der Waals surface area contributed by atoms with E-state index in [-0.39, 0.29) is 19.2 Å². The summed E-state index contributed by atoms with van der Waals surface area (Å²) in [6.07, 6.45) is 3.22. The van der Waals surface area contributed by atoms with Gasteiger partial charge in [0.1, 0.15) is 6.67 Å². The van der Waals surface area contributed by atoms with Gasteiger partial charge in [0.2, 0.25) is 0 Å². The molecule has 7 heteroatoms. The largest absolute Gasteiger partial charge is 0.396 e. The molecule has 0 heterocycles. The van der Waals surface area contributed by atoms with Crippen LogP contribution in [0.1, 0.15) is 25.7 Å². The molecule has 0 aliphatic heterocycles. The number of hydrogen-bond acceptors (Lipinski definition) is 4. The van der Waals surface area contributed by atoms with E-state index in [1.165, 1.54) is 0 Å². The Morgan fingerprint density at radius 1 is 1.41 bits per heavy atom. The van der Waals surface area contributed by atoms with Gasteiger partial charge in [-0.15, -0.1) is 4.91 Å². The minimum absolute atomic E-state index is 0.0193. The van der Waals surface area contributed by atoms with E-state index in [1.807, 2.05) is 0 Å². The Bertz CT molecular complexity index is 257. The minimum Gasteiger partial charge on any atom is -0.396 e. The Kier molecular flexibility index (Phi) is 5.82. The number of aliphatic hydroxyl groups excluding tert-OH is 1. The molecule has 1 aliphatic carbocycles. The highest BCUT2D eigenvalue weighted by Gasteiger charge is 2.24. The molecule has 0 aromatic heterocycles. The quantitative estimate of drug-likeness (QED) is 0.565. The lowest BCUT2D eigenvalue weighted by Gasteiger charge is -2.28. The molecule has 0 radical (unpaired) electrons. The molecule has 2 N–H and O–H groups in total.